The van der Waals surface area contributed by atoms with Gasteiger partial charge in [0.15, 0.2) is 6.10 Å². The zero-order chi connectivity index (χ0) is 51.4. The van der Waals surface area contributed by atoms with Gasteiger partial charge in [0, 0.05) is 19.3 Å². The predicted molar refractivity (Wildman–Crippen MR) is 307 cm³/mol. The number of hydrogen-bond acceptors (Lipinski definition) is 6. The molecule has 0 fully saturated rings. The summed E-state index contributed by atoms with van der Waals surface area (Å²) in [5.74, 6) is -0.929. The fourth-order valence-electron chi connectivity index (χ4n) is 7.83. The van der Waals surface area contributed by atoms with E-state index in [9.17, 15) is 14.4 Å². The van der Waals surface area contributed by atoms with E-state index in [0.29, 0.717) is 19.3 Å². The highest BCUT2D eigenvalue weighted by Crippen LogP contribution is 2.15. The van der Waals surface area contributed by atoms with Crippen molar-refractivity contribution >= 4 is 17.9 Å². The number of esters is 3. The van der Waals surface area contributed by atoms with Gasteiger partial charge in [-0.2, -0.15) is 0 Å². The van der Waals surface area contributed by atoms with Gasteiger partial charge in [-0.3, -0.25) is 14.4 Å². The minimum Gasteiger partial charge on any atom is -0.462 e. The Morgan fingerprint density at radius 3 is 0.915 bits per heavy atom. The van der Waals surface area contributed by atoms with Gasteiger partial charge in [0.1, 0.15) is 13.2 Å². The van der Waals surface area contributed by atoms with Crippen molar-refractivity contribution in [2.45, 2.75) is 271 Å². The van der Waals surface area contributed by atoms with E-state index in [2.05, 4.69) is 130 Å². The second kappa shape index (κ2) is 58.6. The second-order valence-corrected chi connectivity index (χ2v) is 19.2. The lowest BCUT2D eigenvalue weighted by atomic mass is 10.1. The molecule has 0 radical (unpaired) electrons. The molecule has 404 valence electrons. The van der Waals surface area contributed by atoms with Gasteiger partial charge in [0.2, 0.25) is 0 Å². The van der Waals surface area contributed by atoms with Crippen molar-refractivity contribution in [2.75, 3.05) is 13.2 Å². The van der Waals surface area contributed by atoms with Crippen LogP contribution in [0, 0.1) is 0 Å². The fraction of sp³-hybridized carbons (Fsp3) is 0.677. The molecule has 0 amide bonds. The Labute approximate surface area is 438 Å². The third kappa shape index (κ3) is 56.9. The minimum atomic E-state index is -0.797. The number of rotatable bonds is 52. The van der Waals surface area contributed by atoms with Crippen molar-refractivity contribution < 1.29 is 28.6 Å². The summed E-state index contributed by atoms with van der Waals surface area (Å²) in [5, 5.41) is 0. The van der Waals surface area contributed by atoms with Gasteiger partial charge < -0.3 is 14.2 Å². The first-order chi connectivity index (χ1) is 35.0. The normalized spacial score (nSPS) is 12.9. The molecule has 6 nitrogen and oxygen atoms in total. The maximum Gasteiger partial charge on any atom is 0.306 e. The van der Waals surface area contributed by atoms with E-state index in [-0.39, 0.29) is 31.1 Å². The van der Waals surface area contributed by atoms with E-state index in [0.717, 1.165) is 148 Å². The molecule has 0 saturated heterocycles. The van der Waals surface area contributed by atoms with Crippen LogP contribution in [0.25, 0.3) is 0 Å². The van der Waals surface area contributed by atoms with Crippen LogP contribution in [0.3, 0.4) is 0 Å². The molecule has 6 heteroatoms. The Kier molecular flexibility index (Phi) is 55.4. The van der Waals surface area contributed by atoms with Crippen LogP contribution in [0.5, 0.6) is 0 Å². The molecular weight excluding hydrogens is 877 g/mol. The Morgan fingerprint density at radius 2 is 0.577 bits per heavy atom. The summed E-state index contributed by atoms with van der Waals surface area (Å²) in [6.45, 7) is 6.41. The van der Waals surface area contributed by atoms with E-state index >= 15 is 0 Å². The van der Waals surface area contributed by atoms with Crippen molar-refractivity contribution in [2.24, 2.45) is 0 Å². The zero-order valence-corrected chi connectivity index (χ0v) is 46.2. The van der Waals surface area contributed by atoms with Crippen LogP contribution in [-0.2, 0) is 28.6 Å². The Hall–Kier alpha value is -3.93. The highest BCUT2D eigenvalue weighted by atomic mass is 16.6. The average Bonchev–Trinajstić information content (AvgIpc) is 3.37. The molecule has 0 rings (SSSR count). The first kappa shape index (κ1) is 67.1. The maximum absolute atomic E-state index is 12.9. The third-order valence-electron chi connectivity index (χ3n) is 12.2. The first-order valence-electron chi connectivity index (χ1n) is 29.4. The average molecular weight is 986 g/mol. The van der Waals surface area contributed by atoms with E-state index < -0.39 is 6.10 Å². The molecule has 0 aromatic rings. The summed E-state index contributed by atoms with van der Waals surface area (Å²) in [5.41, 5.74) is 0. The summed E-state index contributed by atoms with van der Waals surface area (Å²) >= 11 is 0. The molecule has 0 saturated carbocycles. The summed E-state index contributed by atoms with van der Waals surface area (Å²) in [6.07, 6.45) is 79.3. The largest absolute Gasteiger partial charge is 0.462 e. The molecule has 0 aromatic carbocycles. The van der Waals surface area contributed by atoms with Gasteiger partial charge in [-0.05, 0) is 122 Å². The van der Waals surface area contributed by atoms with Crippen LogP contribution in [0.2, 0.25) is 0 Å². The molecule has 0 aliphatic carbocycles. The number of allylic oxidation sites excluding steroid dienone is 18. The minimum absolute atomic E-state index is 0.0947. The zero-order valence-electron chi connectivity index (χ0n) is 46.2. The fourth-order valence-corrected chi connectivity index (χ4v) is 7.83. The van der Waals surface area contributed by atoms with Crippen molar-refractivity contribution in [1.29, 1.82) is 0 Å². The van der Waals surface area contributed by atoms with E-state index in [1.165, 1.54) is 77.0 Å². The Morgan fingerprint density at radius 1 is 0.296 bits per heavy atom. The monoisotopic (exact) mass is 985 g/mol. The Bertz CT molecular complexity index is 1460. The number of unbranched alkanes of at least 4 members (excludes halogenated alkanes) is 23. The van der Waals surface area contributed by atoms with Gasteiger partial charge in [-0.15, -0.1) is 0 Å². The molecule has 71 heavy (non-hydrogen) atoms. The smallest absolute Gasteiger partial charge is 0.306 e. The predicted octanol–water partition coefficient (Wildman–Crippen LogP) is 19.9. The molecule has 0 heterocycles. The van der Waals surface area contributed by atoms with Gasteiger partial charge in [0.05, 0.1) is 0 Å². The molecule has 1 atom stereocenters. The van der Waals surface area contributed by atoms with E-state index in [1.54, 1.807) is 0 Å². The highest BCUT2D eigenvalue weighted by molar-refractivity contribution is 5.71. The molecule has 0 aliphatic heterocycles. The van der Waals surface area contributed by atoms with Crippen LogP contribution >= 0.6 is 0 Å². The number of carbonyl (C=O) groups is 3. The van der Waals surface area contributed by atoms with E-state index in [4.69, 9.17) is 14.2 Å². The standard InChI is InChI=1S/C65H108O6/c1-4-7-10-13-16-19-22-25-27-29-31-32-34-35-37-40-43-46-49-52-55-58-64(67)70-61-62(60-69-63(66)57-54-51-48-45-42-39-24-21-18-15-12-9-6-3)71-65(68)59-56-53-50-47-44-41-38-36-33-30-28-26-23-20-17-14-11-8-5-2/h7,10,12,15-17,19-21,24-28,31-32,35,37,62H,4-6,8-9,11,13-14,18,22-23,29-30,33-34,36,38-61H2,1-3H3/b10-7-,15-12-,19-16-,20-17-,24-21-,27-25-,28-26-,32-31-,37-35-. The molecule has 0 spiro atoms. The molecule has 0 aliphatic rings. The lowest BCUT2D eigenvalue weighted by Gasteiger charge is -2.18. The third-order valence-corrected chi connectivity index (χ3v) is 12.2. The van der Waals surface area contributed by atoms with Gasteiger partial charge >= 0.3 is 17.9 Å². The topological polar surface area (TPSA) is 78.9 Å². The van der Waals surface area contributed by atoms with Crippen LogP contribution in [0.15, 0.2) is 109 Å². The quantitative estimate of drug-likeness (QED) is 0.0261. The summed E-state index contributed by atoms with van der Waals surface area (Å²) in [7, 11) is 0. The second-order valence-electron chi connectivity index (χ2n) is 19.2. The van der Waals surface area contributed by atoms with Crippen LogP contribution in [-0.4, -0.2) is 37.2 Å². The van der Waals surface area contributed by atoms with Crippen LogP contribution < -0.4 is 0 Å². The molecule has 1 unspecified atom stereocenters. The summed E-state index contributed by atoms with van der Waals surface area (Å²) in [6, 6.07) is 0. The summed E-state index contributed by atoms with van der Waals surface area (Å²) < 4.78 is 16.9. The first-order valence-corrected chi connectivity index (χ1v) is 29.4. The van der Waals surface area contributed by atoms with E-state index in [1.807, 2.05) is 0 Å². The van der Waals surface area contributed by atoms with Crippen LogP contribution in [0.4, 0.5) is 0 Å². The van der Waals surface area contributed by atoms with Crippen LogP contribution in [0.1, 0.15) is 265 Å². The summed E-state index contributed by atoms with van der Waals surface area (Å²) in [4.78, 5) is 38.2. The molecule has 0 bridgehead atoms. The van der Waals surface area contributed by atoms with Crippen molar-refractivity contribution in [3.05, 3.63) is 109 Å². The number of hydrogen-bond donors (Lipinski definition) is 0. The molecular formula is C65H108O6. The Balaban J connectivity index is 4.43. The number of carbonyl (C=O) groups excluding carboxylic acids is 3. The van der Waals surface area contributed by atoms with Gasteiger partial charge in [0.25, 0.3) is 0 Å². The van der Waals surface area contributed by atoms with Gasteiger partial charge in [-0.25, -0.2) is 0 Å². The maximum atomic E-state index is 12.9. The lowest BCUT2D eigenvalue weighted by molar-refractivity contribution is -0.167. The lowest BCUT2D eigenvalue weighted by Crippen LogP contribution is -2.30. The van der Waals surface area contributed by atoms with Gasteiger partial charge in [-0.1, -0.05) is 233 Å². The molecule has 0 aromatic heterocycles. The molecule has 0 N–H and O–H groups in total. The number of ether oxygens (including phenoxy) is 3. The van der Waals surface area contributed by atoms with Crippen molar-refractivity contribution in [3.8, 4) is 0 Å². The van der Waals surface area contributed by atoms with Crippen molar-refractivity contribution in [1.82, 2.24) is 0 Å². The highest BCUT2D eigenvalue weighted by Gasteiger charge is 2.19. The SMILES string of the molecule is CC/C=C\C/C=C\C/C=C\C/C=C\C/C=C\CCCCCCCC(=O)OCC(COC(=O)CCCCCCC/C=C\C/C=C\CCC)OC(=O)CCCCCCCCCCC/C=C\C/C=C\CCCCC. The van der Waals surface area contributed by atoms with Crippen molar-refractivity contribution in [3.63, 3.8) is 0 Å².